The summed E-state index contributed by atoms with van der Waals surface area (Å²) in [6, 6.07) is 11.6. The largest absolute Gasteiger partial charge is 0.351 e. The third-order valence-electron chi connectivity index (χ3n) is 3.53. The number of para-hydroxylation sites is 1. The Balaban J connectivity index is 1.78. The lowest BCUT2D eigenvalue weighted by Gasteiger charge is -2.17. The highest BCUT2D eigenvalue weighted by Crippen LogP contribution is 2.31. The van der Waals surface area contributed by atoms with Crippen molar-refractivity contribution in [2.75, 3.05) is 4.90 Å². The monoisotopic (exact) mass is 354 g/mol. The third kappa shape index (κ3) is 2.99. The summed E-state index contributed by atoms with van der Waals surface area (Å²) in [5, 5.41) is 3.94. The number of pyridine rings is 1. The van der Waals surface area contributed by atoms with Crippen molar-refractivity contribution in [2.45, 2.75) is 6.54 Å². The van der Waals surface area contributed by atoms with Crippen LogP contribution in [0, 0.1) is 5.82 Å². The highest BCUT2D eigenvalue weighted by Gasteiger charge is 2.25. The fraction of sp³-hybridized carbons (Fsp3) is 0.0588. The molecule has 0 radical (unpaired) electrons. The molecule has 3 heterocycles. The Hall–Kier alpha value is -3.13. The Morgan fingerprint density at radius 1 is 1.16 bits per heavy atom. The van der Waals surface area contributed by atoms with E-state index in [1.54, 1.807) is 30.5 Å². The molecule has 1 aromatic carbocycles. The van der Waals surface area contributed by atoms with E-state index in [0.717, 1.165) is 0 Å². The molecule has 0 saturated carbocycles. The molecule has 0 saturated heterocycles. The molecule has 0 spiro atoms. The van der Waals surface area contributed by atoms with Crippen LogP contribution in [-0.2, 0) is 6.54 Å². The topological polar surface area (TPSA) is 72.1 Å². The number of benzene rings is 1. The first-order chi connectivity index (χ1) is 12.2. The van der Waals surface area contributed by atoms with E-state index < -0.39 is 11.7 Å². The number of thiazole rings is 1. The van der Waals surface area contributed by atoms with Crippen LogP contribution >= 0.6 is 11.3 Å². The minimum absolute atomic E-state index is 0.0793. The molecule has 124 valence electrons. The van der Waals surface area contributed by atoms with Gasteiger partial charge in [0.05, 0.1) is 23.1 Å². The number of nitrogens with zero attached hydrogens (tertiary/aromatic N) is 4. The number of rotatable bonds is 4. The third-order valence-corrected chi connectivity index (χ3v) is 4.57. The zero-order valence-corrected chi connectivity index (χ0v) is 13.6. The van der Waals surface area contributed by atoms with Gasteiger partial charge in [0.2, 0.25) is 5.76 Å². The molecule has 1 amide bonds. The molecule has 0 aliphatic rings. The number of hydrogen-bond acceptors (Lipinski definition) is 6. The Morgan fingerprint density at radius 3 is 2.80 bits per heavy atom. The van der Waals surface area contributed by atoms with Crippen LogP contribution in [0.4, 0.5) is 9.52 Å². The zero-order chi connectivity index (χ0) is 17.2. The summed E-state index contributed by atoms with van der Waals surface area (Å²) in [5.41, 5.74) is 0.911. The van der Waals surface area contributed by atoms with Gasteiger partial charge in [-0.1, -0.05) is 28.6 Å². The van der Waals surface area contributed by atoms with Crippen LogP contribution in [0.15, 0.2) is 59.4 Å². The van der Waals surface area contributed by atoms with Gasteiger partial charge in [0, 0.05) is 12.3 Å². The second kappa shape index (κ2) is 6.40. The number of aromatic nitrogens is 3. The maximum absolute atomic E-state index is 14.0. The molecule has 3 aromatic heterocycles. The number of fused-ring (bicyclic) bond motifs is 1. The maximum Gasteiger partial charge on any atom is 0.299 e. The Morgan fingerprint density at radius 2 is 2.08 bits per heavy atom. The number of halogens is 1. The summed E-state index contributed by atoms with van der Waals surface area (Å²) < 4.78 is 19.6. The van der Waals surface area contributed by atoms with E-state index in [1.165, 1.54) is 34.6 Å². The summed E-state index contributed by atoms with van der Waals surface area (Å²) in [6.45, 7) is 0.182. The quantitative estimate of drug-likeness (QED) is 0.559. The van der Waals surface area contributed by atoms with Gasteiger partial charge in [-0.05, 0) is 24.3 Å². The van der Waals surface area contributed by atoms with Crippen LogP contribution in [0.3, 0.4) is 0 Å². The first-order valence-electron chi connectivity index (χ1n) is 7.40. The maximum atomic E-state index is 14.0. The normalized spacial score (nSPS) is 10.9. The Bertz CT molecular complexity index is 1020. The van der Waals surface area contributed by atoms with E-state index in [0.29, 0.717) is 15.5 Å². The second-order valence-corrected chi connectivity index (χ2v) is 6.18. The van der Waals surface area contributed by atoms with Crippen molar-refractivity contribution in [3.63, 3.8) is 0 Å². The van der Waals surface area contributed by atoms with Gasteiger partial charge < -0.3 is 4.52 Å². The van der Waals surface area contributed by atoms with E-state index in [4.69, 9.17) is 4.52 Å². The SMILES string of the molecule is O=C(c1ccno1)N(Cc1ccccn1)c1nc2c(F)cccc2s1. The molecule has 0 aliphatic carbocycles. The van der Waals surface area contributed by atoms with Gasteiger partial charge in [-0.15, -0.1) is 0 Å². The van der Waals surface area contributed by atoms with Gasteiger partial charge in [-0.25, -0.2) is 9.37 Å². The number of hydrogen-bond donors (Lipinski definition) is 0. The minimum Gasteiger partial charge on any atom is -0.351 e. The van der Waals surface area contributed by atoms with Crippen LogP contribution in [0.25, 0.3) is 10.2 Å². The van der Waals surface area contributed by atoms with Crippen molar-refractivity contribution in [3.05, 3.63) is 72.1 Å². The fourth-order valence-electron chi connectivity index (χ4n) is 2.36. The fourth-order valence-corrected chi connectivity index (χ4v) is 3.34. The van der Waals surface area contributed by atoms with Crippen molar-refractivity contribution in [2.24, 2.45) is 0 Å². The minimum atomic E-state index is -0.426. The predicted octanol–water partition coefficient (Wildman–Crippen LogP) is 3.67. The highest BCUT2D eigenvalue weighted by atomic mass is 32.1. The highest BCUT2D eigenvalue weighted by molar-refractivity contribution is 7.22. The number of anilines is 1. The molecular formula is C17H11FN4O2S. The molecule has 25 heavy (non-hydrogen) atoms. The molecule has 0 atom stereocenters. The Labute approximate surface area is 145 Å². The molecule has 4 aromatic rings. The predicted molar refractivity (Wildman–Crippen MR) is 90.8 cm³/mol. The van der Waals surface area contributed by atoms with Crippen LogP contribution in [0.5, 0.6) is 0 Å². The molecule has 0 aliphatic heterocycles. The standard InChI is InChI=1S/C17H11FN4O2S/c18-12-5-3-6-14-15(12)21-17(25-14)22(10-11-4-1-2-8-19-11)16(23)13-7-9-20-24-13/h1-9H,10H2. The zero-order valence-electron chi connectivity index (χ0n) is 12.8. The first kappa shape index (κ1) is 15.4. The lowest BCUT2D eigenvalue weighted by Crippen LogP contribution is -2.30. The summed E-state index contributed by atoms with van der Waals surface area (Å²) in [7, 11) is 0. The van der Waals surface area contributed by atoms with E-state index >= 15 is 0 Å². The summed E-state index contributed by atoms with van der Waals surface area (Å²) in [6.07, 6.45) is 3.04. The van der Waals surface area contributed by atoms with Crippen molar-refractivity contribution in [1.29, 1.82) is 0 Å². The average molecular weight is 354 g/mol. The van der Waals surface area contributed by atoms with Gasteiger partial charge >= 0.3 is 0 Å². The Kier molecular flexibility index (Phi) is 3.95. The van der Waals surface area contributed by atoms with Gasteiger partial charge in [-0.2, -0.15) is 0 Å². The smallest absolute Gasteiger partial charge is 0.299 e. The van der Waals surface area contributed by atoms with Crippen LogP contribution in [-0.4, -0.2) is 21.0 Å². The lowest BCUT2D eigenvalue weighted by atomic mass is 10.3. The van der Waals surface area contributed by atoms with Crippen molar-refractivity contribution in [1.82, 2.24) is 15.1 Å². The van der Waals surface area contributed by atoms with Gasteiger partial charge in [0.15, 0.2) is 5.13 Å². The van der Waals surface area contributed by atoms with E-state index in [9.17, 15) is 9.18 Å². The average Bonchev–Trinajstić information content (AvgIpc) is 3.30. The van der Waals surface area contributed by atoms with Crippen LogP contribution < -0.4 is 4.90 Å². The number of carbonyl (C=O) groups excluding carboxylic acids is 1. The summed E-state index contributed by atoms with van der Waals surface area (Å²) in [5.74, 6) is -0.761. The molecule has 0 N–H and O–H groups in total. The second-order valence-electron chi connectivity index (χ2n) is 5.17. The van der Waals surface area contributed by atoms with Gasteiger partial charge in [-0.3, -0.25) is 14.7 Å². The molecule has 4 rings (SSSR count). The van der Waals surface area contributed by atoms with E-state index in [1.807, 2.05) is 6.07 Å². The summed E-state index contributed by atoms with van der Waals surface area (Å²) >= 11 is 1.23. The first-order valence-corrected chi connectivity index (χ1v) is 8.21. The molecule has 0 unspecified atom stereocenters. The number of amides is 1. The molecule has 6 nitrogen and oxygen atoms in total. The summed E-state index contributed by atoms with van der Waals surface area (Å²) in [4.78, 5) is 22.8. The van der Waals surface area contributed by atoms with Crippen LogP contribution in [0.1, 0.15) is 16.2 Å². The molecule has 0 fully saturated rings. The van der Waals surface area contributed by atoms with Gasteiger partial charge in [0.1, 0.15) is 11.3 Å². The number of carbonyl (C=O) groups is 1. The molecule has 0 bridgehead atoms. The van der Waals surface area contributed by atoms with Crippen molar-refractivity contribution >= 4 is 32.6 Å². The van der Waals surface area contributed by atoms with Crippen LogP contribution in [0.2, 0.25) is 0 Å². The lowest BCUT2D eigenvalue weighted by molar-refractivity contribution is 0.0949. The van der Waals surface area contributed by atoms with Crippen molar-refractivity contribution < 1.29 is 13.7 Å². The molecular weight excluding hydrogens is 343 g/mol. The van der Waals surface area contributed by atoms with E-state index in [-0.39, 0.29) is 17.8 Å². The molecule has 8 heteroatoms. The van der Waals surface area contributed by atoms with Gasteiger partial charge in [0.25, 0.3) is 5.91 Å². The van der Waals surface area contributed by atoms with Crippen molar-refractivity contribution in [3.8, 4) is 0 Å². The van der Waals surface area contributed by atoms with E-state index in [2.05, 4.69) is 15.1 Å².